The largest absolute Gasteiger partial charge is 0.322 e. The van der Waals surface area contributed by atoms with Crippen LogP contribution in [0.1, 0.15) is 19.8 Å². The average Bonchev–Trinajstić information content (AvgIpc) is 2.10. The molecule has 0 aromatic heterocycles. The van der Waals surface area contributed by atoms with E-state index in [1.807, 2.05) is 24.8 Å². The highest BCUT2D eigenvalue weighted by molar-refractivity contribution is 7.44. The van der Waals surface area contributed by atoms with Crippen molar-refractivity contribution in [2.45, 2.75) is 19.8 Å². The van der Waals surface area contributed by atoms with Crippen molar-refractivity contribution < 1.29 is 9.05 Å². The SMILES string of the molecule is CCCOP(OCCC#N)N(C)C. The van der Waals surface area contributed by atoms with Gasteiger partial charge >= 0.3 is 0 Å². The van der Waals surface area contributed by atoms with Gasteiger partial charge in [-0.3, -0.25) is 0 Å². The molecule has 0 aliphatic carbocycles. The smallest absolute Gasteiger partial charge is 0.258 e. The van der Waals surface area contributed by atoms with Gasteiger partial charge in [0, 0.05) is 0 Å². The van der Waals surface area contributed by atoms with Crippen molar-refractivity contribution in [3.8, 4) is 6.07 Å². The molecule has 76 valence electrons. The fourth-order valence-electron chi connectivity index (χ4n) is 0.607. The summed E-state index contributed by atoms with van der Waals surface area (Å²) >= 11 is 0. The second-order valence-corrected chi connectivity index (χ2v) is 4.45. The zero-order chi connectivity index (χ0) is 10.1. The average molecular weight is 204 g/mol. The second-order valence-electron chi connectivity index (χ2n) is 2.66. The van der Waals surface area contributed by atoms with Gasteiger partial charge in [-0.15, -0.1) is 0 Å². The molecule has 4 nitrogen and oxygen atoms in total. The minimum absolute atomic E-state index is 0.419. The predicted octanol–water partition coefficient (Wildman–Crippen LogP) is 2.13. The molecular formula is C8H17N2O2P. The lowest BCUT2D eigenvalue weighted by Gasteiger charge is -2.21. The standard InChI is InChI=1S/C8H17N2O2P/c1-4-7-11-13(10(2)3)12-8-5-6-9/h4-5,7-8H2,1-3H3. The number of rotatable bonds is 7. The Balaban J connectivity index is 3.62. The number of nitrogens with zero attached hydrogens (tertiary/aromatic N) is 2. The normalized spacial score (nSPS) is 12.8. The van der Waals surface area contributed by atoms with E-state index in [4.69, 9.17) is 14.3 Å². The lowest BCUT2D eigenvalue weighted by atomic mass is 10.5. The van der Waals surface area contributed by atoms with Crippen LogP contribution >= 0.6 is 8.53 Å². The third-order valence-electron chi connectivity index (χ3n) is 1.15. The molecule has 0 saturated heterocycles. The van der Waals surface area contributed by atoms with E-state index in [-0.39, 0.29) is 0 Å². The Morgan fingerprint density at radius 2 is 1.92 bits per heavy atom. The Labute approximate surface area is 81.4 Å². The van der Waals surface area contributed by atoms with Crippen molar-refractivity contribution in [2.75, 3.05) is 27.3 Å². The first kappa shape index (κ1) is 12.8. The van der Waals surface area contributed by atoms with Crippen molar-refractivity contribution in [1.29, 1.82) is 5.26 Å². The second kappa shape index (κ2) is 8.40. The fraction of sp³-hybridized carbons (Fsp3) is 0.875. The number of hydrogen-bond acceptors (Lipinski definition) is 4. The molecule has 0 amide bonds. The van der Waals surface area contributed by atoms with Crippen molar-refractivity contribution >= 4 is 8.53 Å². The van der Waals surface area contributed by atoms with Crippen LogP contribution in [-0.4, -0.2) is 32.0 Å². The summed E-state index contributed by atoms with van der Waals surface area (Å²) in [7, 11) is 2.87. The maximum absolute atomic E-state index is 8.32. The molecule has 5 heteroatoms. The van der Waals surface area contributed by atoms with Crippen LogP contribution in [0, 0.1) is 11.3 Å². The monoisotopic (exact) mass is 204 g/mol. The summed E-state index contributed by atoms with van der Waals surface area (Å²) in [6, 6.07) is 2.03. The maximum atomic E-state index is 8.32. The topological polar surface area (TPSA) is 45.5 Å². The number of nitriles is 1. The van der Waals surface area contributed by atoms with Crippen LogP contribution in [0.2, 0.25) is 0 Å². The van der Waals surface area contributed by atoms with Gasteiger partial charge in [-0.1, -0.05) is 6.92 Å². The van der Waals surface area contributed by atoms with Crippen molar-refractivity contribution in [2.24, 2.45) is 0 Å². The van der Waals surface area contributed by atoms with Gasteiger partial charge in [0.25, 0.3) is 8.53 Å². The lowest BCUT2D eigenvalue weighted by molar-refractivity contribution is 0.223. The van der Waals surface area contributed by atoms with E-state index in [9.17, 15) is 0 Å². The van der Waals surface area contributed by atoms with E-state index in [0.29, 0.717) is 19.6 Å². The van der Waals surface area contributed by atoms with Crippen LogP contribution in [-0.2, 0) is 9.05 Å². The molecule has 1 atom stereocenters. The van der Waals surface area contributed by atoms with Crippen molar-refractivity contribution in [1.82, 2.24) is 4.67 Å². The Morgan fingerprint density at radius 1 is 1.31 bits per heavy atom. The predicted molar refractivity (Wildman–Crippen MR) is 53.0 cm³/mol. The minimum atomic E-state index is -0.955. The Morgan fingerprint density at radius 3 is 2.38 bits per heavy atom. The van der Waals surface area contributed by atoms with Gasteiger partial charge < -0.3 is 9.05 Å². The summed E-state index contributed by atoms with van der Waals surface area (Å²) in [6.45, 7) is 3.21. The molecule has 13 heavy (non-hydrogen) atoms. The third kappa shape index (κ3) is 6.92. The Hall–Kier alpha value is -0.200. The highest BCUT2D eigenvalue weighted by Gasteiger charge is 2.12. The molecule has 0 aromatic carbocycles. The Kier molecular flexibility index (Phi) is 8.27. The van der Waals surface area contributed by atoms with E-state index < -0.39 is 8.53 Å². The summed E-state index contributed by atoms with van der Waals surface area (Å²) in [5.74, 6) is 0. The zero-order valence-electron chi connectivity index (χ0n) is 8.49. The van der Waals surface area contributed by atoms with Crippen molar-refractivity contribution in [3.63, 3.8) is 0 Å². The van der Waals surface area contributed by atoms with Crippen LogP contribution < -0.4 is 0 Å². The molecule has 0 fully saturated rings. The summed E-state index contributed by atoms with van der Waals surface area (Å²) in [4.78, 5) is 0. The zero-order valence-corrected chi connectivity index (χ0v) is 9.38. The quantitative estimate of drug-likeness (QED) is 0.470. The van der Waals surface area contributed by atoms with Crippen LogP contribution in [0.5, 0.6) is 0 Å². The summed E-state index contributed by atoms with van der Waals surface area (Å²) in [5, 5.41) is 8.32. The van der Waals surface area contributed by atoms with E-state index in [1.54, 1.807) is 0 Å². The molecule has 0 N–H and O–H groups in total. The highest BCUT2D eigenvalue weighted by Crippen LogP contribution is 2.40. The molecule has 0 aliphatic heterocycles. The molecule has 0 rings (SSSR count). The molecule has 0 saturated carbocycles. The third-order valence-corrected chi connectivity index (χ3v) is 2.61. The van der Waals surface area contributed by atoms with Gasteiger partial charge in [0.1, 0.15) is 0 Å². The molecular weight excluding hydrogens is 187 g/mol. The maximum Gasteiger partial charge on any atom is 0.258 e. The van der Waals surface area contributed by atoms with Gasteiger partial charge in [-0.05, 0) is 20.5 Å². The fourth-order valence-corrected chi connectivity index (χ4v) is 1.73. The number of hydrogen-bond donors (Lipinski definition) is 0. The molecule has 0 aliphatic rings. The van der Waals surface area contributed by atoms with E-state index in [1.165, 1.54) is 0 Å². The van der Waals surface area contributed by atoms with Crippen LogP contribution in [0.3, 0.4) is 0 Å². The van der Waals surface area contributed by atoms with E-state index >= 15 is 0 Å². The molecule has 0 spiro atoms. The first-order chi connectivity index (χ1) is 6.22. The summed E-state index contributed by atoms with van der Waals surface area (Å²) in [6.07, 6.45) is 1.40. The summed E-state index contributed by atoms with van der Waals surface area (Å²) < 4.78 is 12.8. The van der Waals surface area contributed by atoms with E-state index in [2.05, 4.69) is 6.92 Å². The highest BCUT2D eigenvalue weighted by atomic mass is 31.2. The van der Waals surface area contributed by atoms with Gasteiger partial charge in [-0.2, -0.15) is 5.26 Å². The van der Waals surface area contributed by atoms with Gasteiger partial charge in [-0.25, -0.2) is 4.67 Å². The minimum Gasteiger partial charge on any atom is -0.322 e. The first-order valence-electron chi connectivity index (χ1n) is 4.32. The lowest BCUT2D eigenvalue weighted by Crippen LogP contribution is -2.10. The van der Waals surface area contributed by atoms with Crippen molar-refractivity contribution in [3.05, 3.63) is 0 Å². The van der Waals surface area contributed by atoms with Gasteiger partial charge in [0.2, 0.25) is 0 Å². The molecule has 1 unspecified atom stereocenters. The van der Waals surface area contributed by atoms with Crippen LogP contribution in [0.15, 0.2) is 0 Å². The first-order valence-corrected chi connectivity index (χ1v) is 5.45. The van der Waals surface area contributed by atoms with Crippen LogP contribution in [0.4, 0.5) is 0 Å². The van der Waals surface area contributed by atoms with Gasteiger partial charge in [0.15, 0.2) is 0 Å². The molecule has 0 aromatic rings. The van der Waals surface area contributed by atoms with E-state index in [0.717, 1.165) is 6.42 Å². The summed E-state index contributed by atoms with van der Waals surface area (Å²) in [5.41, 5.74) is 0. The molecule has 0 radical (unpaired) electrons. The molecule has 0 heterocycles. The molecule has 0 bridgehead atoms. The Bertz CT molecular complexity index is 159. The van der Waals surface area contributed by atoms with Crippen LogP contribution in [0.25, 0.3) is 0 Å². The van der Waals surface area contributed by atoms with Gasteiger partial charge in [0.05, 0.1) is 25.7 Å².